The highest BCUT2D eigenvalue weighted by atomic mass is 16.1. The average molecular weight is 238 g/mol. The van der Waals surface area contributed by atoms with Crippen LogP contribution >= 0.6 is 0 Å². The van der Waals surface area contributed by atoms with Gasteiger partial charge < -0.3 is 16.0 Å². The van der Waals surface area contributed by atoms with E-state index in [2.05, 4.69) is 15.3 Å². The fraction of sp³-hybridized carbons (Fsp3) is 0.667. The van der Waals surface area contributed by atoms with Crippen molar-refractivity contribution in [1.82, 2.24) is 15.3 Å². The molecule has 96 valence electrons. The van der Waals surface area contributed by atoms with Gasteiger partial charge in [0.2, 0.25) is 0 Å². The highest BCUT2D eigenvalue weighted by molar-refractivity contribution is 5.86. The van der Waals surface area contributed by atoms with Crippen LogP contribution in [-0.2, 0) is 11.2 Å². The molecule has 17 heavy (non-hydrogen) atoms. The van der Waals surface area contributed by atoms with Gasteiger partial charge in [-0.15, -0.1) is 0 Å². The molecule has 0 saturated carbocycles. The molecule has 0 spiro atoms. The van der Waals surface area contributed by atoms with Gasteiger partial charge in [-0.05, 0) is 0 Å². The zero-order valence-corrected chi connectivity index (χ0v) is 10.9. The number of nitrogen functional groups attached to an aromatic ring is 1. The van der Waals surface area contributed by atoms with Crippen LogP contribution in [0.4, 0.5) is 5.95 Å². The predicted molar refractivity (Wildman–Crippen MR) is 68.6 cm³/mol. The van der Waals surface area contributed by atoms with Gasteiger partial charge in [0.25, 0.3) is 0 Å². The number of ketones is 1. The molecule has 4 N–H and O–H groups in total. The van der Waals surface area contributed by atoms with Gasteiger partial charge >= 0.3 is 0 Å². The number of carbonyl (C=O) groups excluding carboxylic acids is 1. The second-order valence-electron chi connectivity index (χ2n) is 4.93. The standard InChI is InChI=1S/C12H22N4O/c1-7(2)11(17)10(15-8(3)4)5-9-6-14-12(13)16-9/h6-8,10,15H,5H2,1-4H3,(H3,13,14,16). The topological polar surface area (TPSA) is 83.8 Å². The van der Waals surface area contributed by atoms with E-state index in [1.807, 2.05) is 27.7 Å². The van der Waals surface area contributed by atoms with Crippen molar-refractivity contribution in [2.75, 3.05) is 5.73 Å². The van der Waals surface area contributed by atoms with Crippen molar-refractivity contribution in [2.45, 2.75) is 46.2 Å². The van der Waals surface area contributed by atoms with Crippen molar-refractivity contribution in [3.05, 3.63) is 11.9 Å². The van der Waals surface area contributed by atoms with E-state index < -0.39 is 0 Å². The highest BCUT2D eigenvalue weighted by Crippen LogP contribution is 2.08. The van der Waals surface area contributed by atoms with Gasteiger partial charge in [-0.25, -0.2) is 4.98 Å². The first-order chi connectivity index (χ1) is 7.90. The van der Waals surface area contributed by atoms with Crippen LogP contribution in [0.3, 0.4) is 0 Å². The van der Waals surface area contributed by atoms with Gasteiger partial charge in [0.1, 0.15) is 0 Å². The number of nitrogens with two attached hydrogens (primary N) is 1. The largest absolute Gasteiger partial charge is 0.369 e. The smallest absolute Gasteiger partial charge is 0.197 e. The Morgan fingerprint density at radius 2 is 2.12 bits per heavy atom. The second kappa shape index (κ2) is 5.82. The Kier molecular flexibility index (Phi) is 4.69. The van der Waals surface area contributed by atoms with Crippen LogP contribution in [-0.4, -0.2) is 27.8 Å². The average Bonchev–Trinajstić information content (AvgIpc) is 2.61. The molecule has 0 aromatic carbocycles. The zero-order chi connectivity index (χ0) is 13.0. The SMILES string of the molecule is CC(C)NC(Cc1cnc(N)[nH]1)C(=O)C(C)C. The molecule has 0 aliphatic carbocycles. The normalized spacial score (nSPS) is 13.3. The predicted octanol–water partition coefficient (Wildman–Crippen LogP) is 1.13. The minimum atomic E-state index is -0.185. The lowest BCUT2D eigenvalue weighted by Gasteiger charge is -2.21. The molecular weight excluding hydrogens is 216 g/mol. The molecule has 0 saturated heterocycles. The third-order valence-electron chi connectivity index (χ3n) is 2.52. The molecule has 1 aromatic rings. The van der Waals surface area contributed by atoms with Crippen LogP contribution in [0.15, 0.2) is 6.20 Å². The third-order valence-corrected chi connectivity index (χ3v) is 2.52. The van der Waals surface area contributed by atoms with E-state index in [4.69, 9.17) is 5.73 Å². The van der Waals surface area contributed by atoms with E-state index in [1.165, 1.54) is 0 Å². The molecule has 5 heteroatoms. The number of imidazole rings is 1. The molecule has 1 heterocycles. The number of hydrogen-bond acceptors (Lipinski definition) is 4. The van der Waals surface area contributed by atoms with Gasteiger partial charge in [-0.1, -0.05) is 27.7 Å². The number of nitrogens with one attached hydrogen (secondary N) is 2. The maximum atomic E-state index is 12.1. The van der Waals surface area contributed by atoms with Gasteiger partial charge in [0, 0.05) is 24.1 Å². The molecule has 1 aromatic heterocycles. The monoisotopic (exact) mass is 238 g/mol. The summed E-state index contributed by atoms with van der Waals surface area (Å²) in [6.07, 6.45) is 2.28. The van der Waals surface area contributed by atoms with E-state index in [0.717, 1.165) is 5.69 Å². The summed E-state index contributed by atoms with van der Waals surface area (Å²) >= 11 is 0. The number of carbonyl (C=O) groups is 1. The zero-order valence-electron chi connectivity index (χ0n) is 10.9. The van der Waals surface area contributed by atoms with Crippen molar-refractivity contribution in [3.63, 3.8) is 0 Å². The first-order valence-corrected chi connectivity index (χ1v) is 5.99. The molecule has 0 aliphatic heterocycles. The Labute approximate surface area is 102 Å². The fourth-order valence-corrected chi connectivity index (χ4v) is 1.75. The molecule has 1 rings (SSSR count). The van der Waals surface area contributed by atoms with E-state index in [-0.39, 0.29) is 23.8 Å². The molecular formula is C12H22N4O. The summed E-state index contributed by atoms with van der Waals surface area (Å²) in [5.74, 6) is 0.624. The minimum Gasteiger partial charge on any atom is -0.369 e. The Morgan fingerprint density at radius 3 is 2.53 bits per heavy atom. The van der Waals surface area contributed by atoms with Crippen LogP contribution in [0.5, 0.6) is 0 Å². The lowest BCUT2D eigenvalue weighted by molar-refractivity contribution is -0.124. The molecule has 1 atom stereocenters. The second-order valence-corrected chi connectivity index (χ2v) is 4.93. The number of aromatic nitrogens is 2. The summed E-state index contributed by atoms with van der Waals surface area (Å²) in [4.78, 5) is 18.9. The van der Waals surface area contributed by atoms with Crippen LogP contribution in [0, 0.1) is 5.92 Å². The number of H-pyrrole nitrogens is 1. The molecule has 0 fully saturated rings. The molecule has 0 radical (unpaired) electrons. The lowest BCUT2D eigenvalue weighted by atomic mass is 9.97. The van der Waals surface area contributed by atoms with Gasteiger partial charge in [-0.3, -0.25) is 4.79 Å². The Morgan fingerprint density at radius 1 is 1.47 bits per heavy atom. The van der Waals surface area contributed by atoms with Crippen molar-refractivity contribution < 1.29 is 4.79 Å². The number of Topliss-reactive ketones (excluding diaryl/α,β-unsaturated/α-hetero) is 1. The van der Waals surface area contributed by atoms with E-state index >= 15 is 0 Å². The lowest BCUT2D eigenvalue weighted by Crippen LogP contribution is -2.44. The van der Waals surface area contributed by atoms with Crippen LogP contribution in [0.2, 0.25) is 0 Å². The molecule has 1 unspecified atom stereocenters. The number of hydrogen-bond donors (Lipinski definition) is 3. The van der Waals surface area contributed by atoms with Crippen molar-refractivity contribution in [1.29, 1.82) is 0 Å². The fourth-order valence-electron chi connectivity index (χ4n) is 1.75. The quantitative estimate of drug-likeness (QED) is 0.693. The van der Waals surface area contributed by atoms with Crippen LogP contribution < -0.4 is 11.1 Å². The summed E-state index contributed by atoms with van der Waals surface area (Å²) in [6.45, 7) is 7.89. The molecule has 0 aliphatic rings. The van der Waals surface area contributed by atoms with Gasteiger partial charge in [0.15, 0.2) is 11.7 Å². The molecule has 0 bridgehead atoms. The van der Waals surface area contributed by atoms with E-state index in [0.29, 0.717) is 12.4 Å². The Bertz CT molecular complexity index is 370. The summed E-state index contributed by atoms with van der Waals surface area (Å²) in [5, 5.41) is 3.28. The highest BCUT2D eigenvalue weighted by Gasteiger charge is 2.22. The van der Waals surface area contributed by atoms with Crippen molar-refractivity contribution in [3.8, 4) is 0 Å². The Balaban J connectivity index is 2.73. The van der Waals surface area contributed by atoms with Gasteiger partial charge in [0.05, 0.1) is 12.2 Å². The summed E-state index contributed by atoms with van der Waals surface area (Å²) < 4.78 is 0. The van der Waals surface area contributed by atoms with Crippen LogP contribution in [0.1, 0.15) is 33.4 Å². The van der Waals surface area contributed by atoms with E-state index in [9.17, 15) is 4.79 Å². The van der Waals surface area contributed by atoms with E-state index in [1.54, 1.807) is 6.20 Å². The third kappa shape index (κ3) is 4.19. The number of nitrogens with zero attached hydrogens (tertiary/aromatic N) is 1. The maximum absolute atomic E-state index is 12.1. The minimum absolute atomic E-state index is 0.0199. The number of anilines is 1. The molecule has 0 amide bonds. The van der Waals surface area contributed by atoms with Crippen molar-refractivity contribution in [2.24, 2.45) is 5.92 Å². The number of aromatic amines is 1. The first-order valence-electron chi connectivity index (χ1n) is 5.99. The van der Waals surface area contributed by atoms with Crippen LogP contribution in [0.25, 0.3) is 0 Å². The summed E-state index contributed by atoms with van der Waals surface area (Å²) in [6, 6.07) is 0.0813. The summed E-state index contributed by atoms with van der Waals surface area (Å²) in [7, 11) is 0. The molecule has 5 nitrogen and oxygen atoms in total. The van der Waals surface area contributed by atoms with Gasteiger partial charge in [-0.2, -0.15) is 0 Å². The number of rotatable bonds is 6. The maximum Gasteiger partial charge on any atom is 0.197 e. The summed E-state index contributed by atoms with van der Waals surface area (Å²) in [5.41, 5.74) is 6.40. The Hall–Kier alpha value is -1.36. The first kappa shape index (κ1) is 13.7. The van der Waals surface area contributed by atoms with Crippen molar-refractivity contribution >= 4 is 11.7 Å².